The van der Waals surface area contributed by atoms with E-state index in [1.807, 2.05) is 4.68 Å². The first-order valence-corrected chi connectivity index (χ1v) is 6.30. The Balaban J connectivity index is 1.95. The third-order valence-corrected chi connectivity index (χ3v) is 3.12. The lowest BCUT2D eigenvalue weighted by molar-refractivity contribution is 0.00505. The zero-order chi connectivity index (χ0) is 12.4. The molecule has 0 radical (unpaired) electrons. The molecule has 96 valence electrons. The molecule has 0 aromatic carbocycles. The molecule has 2 rings (SSSR count). The Morgan fingerprint density at radius 3 is 2.71 bits per heavy atom. The van der Waals surface area contributed by atoms with Crippen LogP contribution in [-0.4, -0.2) is 37.2 Å². The van der Waals surface area contributed by atoms with Gasteiger partial charge < -0.3 is 10.2 Å². The zero-order valence-electron chi connectivity index (χ0n) is 10.5. The molecule has 1 aliphatic rings. The number of aliphatic hydroxyl groups is 2. The van der Waals surface area contributed by atoms with E-state index in [9.17, 15) is 10.2 Å². The monoisotopic (exact) mass is 239 g/mol. The second-order valence-electron chi connectivity index (χ2n) is 5.35. The molecular weight excluding hydrogens is 218 g/mol. The third kappa shape index (κ3) is 3.26. The van der Waals surface area contributed by atoms with Gasteiger partial charge in [0.25, 0.3) is 0 Å². The Hall–Kier alpha value is -0.940. The highest BCUT2D eigenvalue weighted by Crippen LogP contribution is 2.34. The number of aliphatic hydroxyl groups excluding tert-OH is 2. The van der Waals surface area contributed by atoms with Crippen LogP contribution in [0, 0.1) is 11.8 Å². The summed E-state index contributed by atoms with van der Waals surface area (Å²) < 4.78 is 1.81. The SMILES string of the molecule is CC(C)Cn1ncnc1CC(O)C(O)C1CC1. The average Bonchev–Trinajstić information content (AvgIpc) is 3.02. The second-order valence-corrected chi connectivity index (χ2v) is 5.35. The van der Waals surface area contributed by atoms with Crippen LogP contribution in [0.2, 0.25) is 0 Å². The van der Waals surface area contributed by atoms with Gasteiger partial charge in [0.2, 0.25) is 0 Å². The Morgan fingerprint density at radius 1 is 1.41 bits per heavy atom. The van der Waals surface area contributed by atoms with E-state index in [2.05, 4.69) is 23.9 Å². The Labute approximate surface area is 101 Å². The molecule has 2 unspecified atom stereocenters. The van der Waals surface area contributed by atoms with Crippen molar-refractivity contribution in [2.24, 2.45) is 11.8 Å². The molecule has 0 bridgehead atoms. The summed E-state index contributed by atoms with van der Waals surface area (Å²) in [5.41, 5.74) is 0. The summed E-state index contributed by atoms with van der Waals surface area (Å²) in [6.45, 7) is 5.02. The van der Waals surface area contributed by atoms with Crippen molar-refractivity contribution in [3.05, 3.63) is 12.2 Å². The maximum atomic E-state index is 9.93. The number of rotatable bonds is 6. The number of aromatic nitrogens is 3. The first kappa shape index (κ1) is 12.5. The van der Waals surface area contributed by atoms with Crippen LogP contribution in [-0.2, 0) is 13.0 Å². The topological polar surface area (TPSA) is 71.2 Å². The van der Waals surface area contributed by atoms with Crippen LogP contribution >= 0.6 is 0 Å². The minimum Gasteiger partial charge on any atom is -0.390 e. The Morgan fingerprint density at radius 2 is 2.12 bits per heavy atom. The van der Waals surface area contributed by atoms with Gasteiger partial charge >= 0.3 is 0 Å². The molecule has 1 aliphatic carbocycles. The summed E-state index contributed by atoms with van der Waals surface area (Å²) >= 11 is 0. The molecule has 2 N–H and O–H groups in total. The molecule has 5 nitrogen and oxygen atoms in total. The van der Waals surface area contributed by atoms with Crippen molar-refractivity contribution in [2.45, 2.75) is 51.9 Å². The lowest BCUT2D eigenvalue weighted by Crippen LogP contribution is -2.31. The lowest BCUT2D eigenvalue weighted by Gasteiger charge is -2.17. The fourth-order valence-corrected chi connectivity index (χ4v) is 2.00. The highest BCUT2D eigenvalue weighted by atomic mass is 16.3. The predicted molar refractivity (Wildman–Crippen MR) is 63.3 cm³/mol. The van der Waals surface area contributed by atoms with Crippen LogP contribution in [0.1, 0.15) is 32.5 Å². The van der Waals surface area contributed by atoms with E-state index >= 15 is 0 Å². The maximum Gasteiger partial charge on any atom is 0.138 e. The van der Waals surface area contributed by atoms with Crippen molar-refractivity contribution >= 4 is 0 Å². The minimum absolute atomic E-state index is 0.284. The smallest absolute Gasteiger partial charge is 0.138 e. The third-order valence-electron chi connectivity index (χ3n) is 3.12. The van der Waals surface area contributed by atoms with Gasteiger partial charge in [0.1, 0.15) is 12.2 Å². The largest absolute Gasteiger partial charge is 0.390 e. The molecular formula is C12H21N3O2. The molecule has 1 aromatic heterocycles. The predicted octanol–water partition coefficient (Wildman–Crippen LogP) is 0.608. The first-order chi connectivity index (χ1) is 8.08. The lowest BCUT2D eigenvalue weighted by atomic mass is 10.1. The maximum absolute atomic E-state index is 9.93. The molecule has 2 atom stereocenters. The molecule has 17 heavy (non-hydrogen) atoms. The standard InChI is InChI=1S/C12H21N3O2/c1-8(2)6-15-11(13-7-14-15)5-10(16)12(17)9-3-4-9/h7-10,12,16-17H,3-6H2,1-2H3. The van der Waals surface area contributed by atoms with Gasteiger partial charge in [0.15, 0.2) is 0 Å². The van der Waals surface area contributed by atoms with Crippen LogP contribution < -0.4 is 0 Å². The summed E-state index contributed by atoms with van der Waals surface area (Å²) in [5, 5.41) is 23.9. The summed E-state index contributed by atoms with van der Waals surface area (Å²) in [7, 11) is 0. The highest BCUT2D eigenvalue weighted by molar-refractivity contribution is 4.93. The van der Waals surface area contributed by atoms with Gasteiger partial charge in [0.05, 0.1) is 12.2 Å². The van der Waals surface area contributed by atoms with Crippen LogP contribution in [0.5, 0.6) is 0 Å². The molecule has 1 saturated carbocycles. The number of hydrogen-bond donors (Lipinski definition) is 2. The quantitative estimate of drug-likeness (QED) is 0.763. The molecule has 0 aliphatic heterocycles. The van der Waals surface area contributed by atoms with Gasteiger partial charge in [-0.3, -0.25) is 0 Å². The average molecular weight is 239 g/mol. The van der Waals surface area contributed by atoms with Gasteiger partial charge in [-0.25, -0.2) is 9.67 Å². The number of hydrogen-bond acceptors (Lipinski definition) is 4. The van der Waals surface area contributed by atoms with E-state index in [4.69, 9.17) is 0 Å². The summed E-state index contributed by atoms with van der Waals surface area (Å²) in [6, 6.07) is 0. The summed E-state index contributed by atoms with van der Waals surface area (Å²) in [6.07, 6.45) is 2.60. The number of nitrogens with zero attached hydrogens (tertiary/aromatic N) is 3. The van der Waals surface area contributed by atoms with Crippen molar-refractivity contribution in [1.29, 1.82) is 0 Å². The fourth-order valence-electron chi connectivity index (χ4n) is 2.00. The zero-order valence-corrected chi connectivity index (χ0v) is 10.5. The van der Waals surface area contributed by atoms with E-state index < -0.39 is 12.2 Å². The van der Waals surface area contributed by atoms with Crippen LogP contribution in [0.3, 0.4) is 0 Å². The van der Waals surface area contributed by atoms with E-state index in [-0.39, 0.29) is 5.92 Å². The molecule has 5 heteroatoms. The summed E-state index contributed by atoms with van der Waals surface area (Å²) in [5.74, 6) is 1.53. The van der Waals surface area contributed by atoms with Crippen molar-refractivity contribution in [3.63, 3.8) is 0 Å². The molecule has 1 aromatic rings. The molecule has 0 amide bonds. The normalized spacial score (nSPS) is 19.6. The van der Waals surface area contributed by atoms with E-state index in [0.717, 1.165) is 25.2 Å². The van der Waals surface area contributed by atoms with Gasteiger partial charge in [0, 0.05) is 13.0 Å². The molecule has 0 saturated heterocycles. The first-order valence-electron chi connectivity index (χ1n) is 6.30. The van der Waals surface area contributed by atoms with Crippen LogP contribution in [0.4, 0.5) is 0 Å². The van der Waals surface area contributed by atoms with E-state index in [1.165, 1.54) is 6.33 Å². The van der Waals surface area contributed by atoms with E-state index in [0.29, 0.717) is 12.3 Å². The van der Waals surface area contributed by atoms with Crippen molar-refractivity contribution in [2.75, 3.05) is 0 Å². The molecule has 0 spiro atoms. The minimum atomic E-state index is -0.724. The van der Waals surface area contributed by atoms with Crippen LogP contribution in [0.25, 0.3) is 0 Å². The van der Waals surface area contributed by atoms with Gasteiger partial charge in [-0.05, 0) is 24.7 Å². The van der Waals surface area contributed by atoms with E-state index in [1.54, 1.807) is 0 Å². The highest BCUT2D eigenvalue weighted by Gasteiger charge is 2.34. The van der Waals surface area contributed by atoms with Gasteiger partial charge in [-0.15, -0.1) is 0 Å². The molecule has 1 heterocycles. The summed E-state index contributed by atoms with van der Waals surface area (Å²) in [4.78, 5) is 4.15. The second kappa shape index (κ2) is 5.14. The van der Waals surface area contributed by atoms with Crippen molar-refractivity contribution in [3.8, 4) is 0 Å². The molecule has 1 fully saturated rings. The Bertz CT molecular complexity index is 360. The Kier molecular flexibility index (Phi) is 3.79. The van der Waals surface area contributed by atoms with Gasteiger partial charge in [-0.1, -0.05) is 13.8 Å². The van der Waals surface area contributed by atoms with Crippen molar-refractivity contribution < 1.29 is 10.2 Å². The fraction of sp³-hybridized carbons (Fsp3) is 0.833. The van der Waals surface area contributed by atoms with Crippen LogP contribution in [0.15, 0.2) is 6.33 Å². The van der Waals surface area contributed by atoms with Crippen molar-refractivity contribution in [1.82, 2.24) is 14.8 Å². The van der Waals surface area contributed by atoms with Gasteiger partial charge in [-0.2, -0.15) is 5.10 Å².